The summed E-state index contributed by atoms with van der Waals surface area (Å²) >= 11 is 0. The van der Waals surface area contributed by atoms with Crippen molar-refractivity contribution in [2.24, 2.45) is 5.16 Å². The van der Waals surface area contributed by atoms with Crippen molar-refractivity contribution in [3.05, 3.63) is 35.4 Å². The average Bonchev–Trinajstić information content (AvgIpc) is 2.21. The van der Waals surface area contributed by atoms with Gasteiger partial charge in [-0.3, -0.25) is 0 Å². The van der Waals surface area contributed by atoms with Gasteiger partial charge < -0.3 is 9.94 Å². The zero-order valence-electron chi connectivity index (χ0n) is 8.27. The van der Waals surface area contributed by atoms with Gasteiger partial charge >= 0.3 is 0 Å². The number of benzene rings is 1. The Balaban J connectivity index is 3.27. The fourth-order valence-corrected chi connectivity index (χ4v) is 1.26. The molecule has 0 aromatic heterocycles. The topological polar surface area (TPSA) is 41.8 Å². The first-order chi connectivity index (χ1) is 6.83. The number of methoxy groups -OCH3 is 1. The molecule has 1 aromatic carbocycles. The summed E-state index contributed by atoms with van der Waals surface area (Å²) in [6.45, 7) is 1.93. The summed E-state index contributed by atoms with van der Waals surface area (Å²) in [6, 6.07) is 5.65. The number of hydrogen-bond donors (Lipinski definition) is 1. The molecule has 0 fully saturated rings. The summed E-state index contributed by atoms with van der Waals surface area (Å²) in [4.78, 5) is 0. The van der Waals surface area contributed by atoms with E-state index in [1.807, 2.05) is 37.3 Å². The number of nitrogens with zero attached hydrogens (tertiary/aromatic N) is 1. The Morgan fingerprint density at radius 3 is 2.79 bits per heavy atom. The van der Waals surface area contributed by atoms with Gasteiger partial charge in [-0.15, -0.1) is 0 Å². The number of ether oxygens (including phenoxy) is 1. The lowest BCUT2D eigenvalue weighted by Gasteiger charge is -2.06. The van der Waals surface area contributed by atoms with Crippen molar-refractivity contribution in [3.63, 3.8) is 0 Å². The second-order valence-corrected chi connectivity index (χ2v) is 2.71. The minimum absolute atomic E-state index is 0.693. The van der Waals surface area contributed by atoms with Crippen LogP contribution in [0.5, 0.6) is 5.75 Å². The summed E-state index contributed by atoms with van der Waals surface area (Å²) in [5.41, 5.74) is 1.74. The second-order valence-electron chi connectivity index (χ2n) is 2.71. The van der Waals surface area contributed by atoms with E-state index in [0.717, 1.165) is 11.1 Å². The number of oxime groups is 1. The van der Waals surface area contributed by atoms with Gasteiger partial charge in [0.05, 0.1) is 13.3 Å². The Bertz CT molecular complexity index is 356. The van der Waals surface area contributed by atoms with E-state index in [1.165, 1.54) is 6.21 Å². The first-order valence-corrected chi connectivity index (χ1v) is 4.30. The summed E-state index contributed by atoms with van der Waals surface area (Å²) < 4.78 is 5.15. The smallest absolute Gasteiger partial charge is 0.128 e. The van der Waals surface area contributed by atoms with Crippen LogP contribution >= 0.6 is 0 Å². The van der Waals surface area contributed by atoms with Gasteiger partial charge in [-0.2, -0.15) is 0 Å². The molecule has 14 heavy (non-hydrogen) atoms. The Morgan fingerprint density at radius 2 is 2.21 bits per heavy atom. The monoisotopic (exact) mass is 191 g/mol. The lowest BCUT2D eigenvalue weighted by atomic mass is 10.1. The highest BCUT2D eigenvalue weighted by molar-refractivity contribution is 5.88. The molecule has 0 amide bonds. The van der Waals surface area contributed by atoms with E-state index in [4.69, 9.17) is 9.94 Å². The quantitative estimate of drug-likeness (QED) is 0.453. The molecule has 1 aromatic rings. The summed E-state index contributed by atoms with van der Waals surface area (Å²) in [6.07, 6.45) is 5.22. The molecule has 3 heteroatoms. The van der Waals surface area contributed by atoms with Crippen LogP contribution in [-0.4, -0.2) is 18.5 Å². The maximum Gasteiger partial charge on any atom is 0.128 e. The first kappa shape index (κ1) is 10.3. The predicted octanol–water partition coefficient (Wildman–Crippen LogP) is 2.54. The van der Waals surface area contributed by atoms with Crippen LogP contribution in [0.1, 0.15) is 18.1 Å². The first-order valence-electron chi connectivity index (χ1n) is 4.30. The van der Waals surface area contributed by atoms with Gasteiger partial charge in [0.2, 0.25) is 0 Å². The van der Waals surface area contributed by atoms with Gasteiger partial charge in [-0.05, 0) is 18.6 Å². The zero-order chi connectivity index (χ0) is 10.4. The van der Waals surface area contributed by atoms with Crippen LogP contribution in [0.2, 0.25) is 0 Å². The van der Waals surface area contributed by atoms with Gasteiger partial charge in [0.15, 0.2) is 0 Å². The van der Waals surface area contributed by atoms with Gasteiger partial charge in [0, 0.05) is 5.56 Å². The predicted molar refractivity (Wildman–Crippen MR) is 57.1 cm³/mol. The van der Waals surface area contributed by atoms with Gasteiger partial charge in [0.1, 0.15) is 5.75 Å². The molecule has 0 saturated carbocycles. The SMILES string of the molecule is C/C=C\c1cccc(OC)c1/C=N/O. The van der Waals surface area contributed by atoms with Crippen molar-refractivity contribution in [1.82, 2.24) is 0 Å². The maximum absolute atomic E-state index is 8.52. The molecule has 3 nitrogen and oxygen atoms in total. The van der Waals surface area contributed by atoms with Crippen LogP contribution in [0.4, 0.5) is 0 Å². The van der Waals surface area contributed by atoms with Crippen LogP contribution < -0.4 is 4.74 Å². The molecule has 0 bridgehead atoms. The molecule has 0 saturated heterocycles. The Hall–Kier alpha value is -1.77. The van der Waals surface area contributed by atoms with E-state index in [9.17, 15) is 0 Å². The fourth-order valence-electron chi connectivity index (χ4n) is 1.26. The van der Waals surface area contributed by atoms with Crippen LogP contribution in [0.15, 0.2) is 29.4 Å². The fraction of sp³-hybridized carbons (Fsp3) is 0.182. The van der Waals surface area contributed by atoms with Crippen molar-refractivity contribution in [2.75, 3.05) is 7.11 Å². The van der Waals surface area contributed by atoms with Crippen molar-refractivity contribution >= 4 is 12.3 Å². The maximum atomic E-state index is 8.52. The van der Waals surface area contributed by atoms with Crippen LogP contribution in [0, 0.1) is 0 Å². The summed E-state index contributed by atoms with van der Waals surface area (Å²) in [5.74, 6) is 0.693. The lowest BCUT2D eigenvalue weighted by Crippen LogP contribution is -1.93. The molecule has 0 aliphatic carbocycles. The molecule has 0 aliphatic heterocycles. The summed E-state index contributed by atoms with van der Waals surface area (Å²) in [5, 5.41) is 11.5. The van der Waals surface area contributed by atoms with E-state index in [2.05, 4.69) is 5.16 Å². The van der Waals surface area contributed by atoms with Gasteiger partial charge in [0.25, 0.3) is 0 Å². The number of rotatable bonds is 3. The summed E-state index contributed by atoms with van der Waals surface area (Å²) in [7, 11) is 1.59. The highest BCUT2D eigenvalue weighted by Crippen LogP contribution is 2.21. The Labute approximate surface area is 83.3 Å². The van der Waals surface area contributed by atoms with Crippen molar-refractivity contribution in [2.45, 2.75) is 6.92 Å². The van der Waals surface area contributed by atoms with Crippen molar-refractivity contribution in [1.29, 1.82) is 0 Å². The second kappa shape index (κ2) is 5.07. The molecule has 0 spiro atoms. The number of hydrogen-bond acceptors (Lipinski definition) is 3. The lowest BCUT2D eigenvalue weighted by molar-refractivity contribution is 0.321. The molecular weight excluding hydrogens is 178 g/mol. The molecule has 0 atom stereocenters. The molecule has 1 rings (SSSR count). The molecule has 1 N–H and O–H groups in total. The highest BCUT2D eigenvalue weighted by Gasteiger charge is 2.03. The van der Waals surface area contributed by atoms with E-state index >= 15 is 0 Å². The van der Waals surface area contributed by atoms with E-state index in [-0.39, 0.29) is 0 Å². The third-order valence-corrected chi connectivity index (χ3v) is 1.85. The molecule has 74 valence electrons. The van der Waals surface area contributed by atoms with Crippen LogP contribution in [-0.2, 0) is 0 Å². The van der Waals surface area contributed by atoms with Crippen LogP contribution in [0.3, 0.4) is 0 Å². The zero-order valence-corrected chi connectivity index (χ0v) is 8.27. The normalized spacial score (nSPS) is 11.3. The van der Waals surface area contributed by atoms with Crippen LogP contribution in [0.25, 0.3) is 6.08 Å². The average molecular weight is 191 g/mol. The standard InChI is InChI=1S/C11H13NO2/c1-3-5-9-6-4-7-11(14-2)10(9)8-12-13/h3-8,13H,1-2H3/b5-3-,12-8+. The Kier molecular flexibility index (Phi) is 3.73. The minimum Gasteiger partial charge on any atom is -0.496 e. The molecular formula is C11H13NO2. The molecule has 0 heterocycles. The third-order valence-electron chi connectivity index (χ3n) is 1.85. The highest BCUT2D eigenvalue weighted by atomic mass is 16.5. The van der Waals surface area contributed by atoms with E-state index < -0.39 is 0 Å². The van der Waals surface area contributed by atoms with E-state index in [0.29, 0.717) is 5.75 Å². The van der Waals surface area contributed by atoms with Crippen molar-refractivity contribution < 1.29 is 9.94 Å². The van der Waals surface area contributed by atoms with Gasteiger partial charge in [-0.1, -0.05) is 29.4 Å². The minimum atomic E-state index is 0.693. The van der Waals surface area contributed by atoms with E-state index in [1.54, 1.807) is 7.11 Å². The van der Waals surface area contributed by atoms with Crippen molar-refractivity contribution in [3.8, 4) is 5.75 Å². The van der Waals surface area contributed by atoms with Gasteiger partial charge in [-0.25, -0.2) is 0 Å². The third kappa shape index (κ3) is 2.13. The Morgan fingerprint density at radius 1 is 1.43 bits per heavy atom. The largest absolute Gasteiger partial charge is 0.496 e. The number of allylic oxidation sites excluding steroid dienone is 1. The molecule has 0 aliphatic rings. The molecule has 0 unspecified atom stereocenters. The molecule has 0 radical (unpaired) electrons.